The smallest absolute Gasteiger partial charge is 0.326 e. The zero-order chi connectivity index (χ0) is 24.2. The van der Waals surface area contributed by atoms with Gasteiger partial charge >= 0.3 is 5.97 Å². The summed E-state index contributed by atoms with van der Waals surface area (Å²) in [5.41, 5.74) is 1.28. The van der Waals surface area contributed by atoms with Crippen molar-refractivity contribution in [1.29, 1.82) is 0 Å². The molecule has 4 rings (SSSR count). The predicted molar refractivity (Wildman–Crippen MR) is 126 cm³/mol. The Bertz CT molecular complexity index is 1340. The second kappa shape index (κ2) is 10.0. The van der Waals surface area contributed by atoms with E-state index in [0.29, 0.717) is 22.8 Å². The van der Waals surface area contributed by atoms with Gasteiger partial charge < -0.3 is 14.0 Å². The van der Waals surface area contributed by atoms with Gasteiger partial charge in [0.1, 0.15) is 12.3 Å². The summed E-state index contributed by atoms with van der Waals surface area (Å²) < 4.78 is 13.1. The van der Waals surface area contributed by atoms with Crippen LogP contribution in [0.5, 0.6) is 5.75 Å². The fourth-order valence-corrected chi connectivity index (χ4v) is 4.73. The molecule has 176 valence electrons. The number of benzene rings is 2. The van der Waals surface area contributed by atoms with Gasteiger partial charge in [0.15, 0.2) is 4.80 Å². The number of ether oxygens (including phenoxy) is 2. The van der Waals surface area contributed by atoms with Crippen LogP contribution >= 0.6 is 11.3 Å². The summed E-state index contributed by atoms with van der Waals surface area (Å²) in [6, 6.07) is 11.7. The summed E-state index contributed by atoms with van der Waals surface area (Å²) in [7, 11) is 0. The first-order valence-electron chi connectivity index (χ1n) is 10.9. The van der Waals surface area contributed by atoms with Crippen LogP contribution < -0.4 is 14.4 Å². The molecule has 3 aromatic rings. The molecule has 0 N–H and O–H groups in total. The van der Waals surface area contributed by atoms with Crippen LogP contribution in [-0.4, -0.2) is 41.5 Å². The van der Waals surface area contributed by atoms with E-state index in [9.17, 15) is 19.2 Å². The van der Waals surface area contributed by atoms with Crippen molar-refractivity contribution in [3.05, 3.63) is 52.8 Å². The van der Waals surface area contributed by atoms with Gasteiger partial charge in [-0.2, -0.15) is 4.99 Å². The molecular weight excluding hydrogens is 458 g/mol. The highest BCUT2D eigenvalue weighted by atomic mass is 32.1. The van der Waals surface area contributed by atoms with E-state index in [-0.39, 0.29) is 43.4 Å². The molecule has 1 aliphatic heterocycles. The third kappa shape index (κ3) is 4.76. The second-order valence-corrected chi connectivity index (χ2v) is 8.44. The van der Waals surface area contributed by atoms with Crippen molar-refractivity contribution in [3.63, 3.8) is 0 Å². The number of thiazole rings is 1. The average Bonchev–Trinajstić information content (AvgIpc) is 3.32. The van der Waals surface area contributed by atoms with E-state index in [1.54, 1.807) is 35.8 Å². The highest BCUT2D eigenvalue weighted by Crippen LogP contribution is 2.25. The van der Waals surface area contributed by atoms with Crippen molar-refractivity contribution in [2.24, 2.45) is 4.99 Å². The van der Waals surface area contributed by atoms with E-state index in [1.807, 2.05) is 19.1 Å². The lowest BCUT2D eigenvalue weighted by Crippen LogP contribution is -2.28. The SMILES string of the molecule is CCOC(=O)Cn1c(=NC(=O)c2cccc(N3C(=O)CCC3=O)c2)sc2cc(OCC)ccc21. The highest BCUT2D eigenvalue weighted by Gasteiger charge is 2.30. The van der Waals surface area contributed by atoms with Crippen molar-refractivity contribution in [2.75, 3.05) is 18.1 Å². The van der Waals surface area contributed by atoms with Gasteiger partial charge in [-0.05, 0) is 50.2 Å². The van der Waals surface area contributed by atoms with Crippen LogP contribution in [0, 0.1) is 0 Å². The van der Waals surface area contributed by atoms with E-state index in [1.165, 1.54) is 17.4 Å². The number of imide groups is 1. The van der Waals surface area contributed by atoms with Crippen molar-refractivity contribution in [1.82, 2.24) is 4.57 Å². The molecule has 0 saturated carbocycles. The molecule has 0 aliphatic carbocycles. The number of hydrogen-bond acceptors (Lipinski definition) is 7. The number of amides is 3. The molecule has 34 heavy (non-hydrogen) atoms. The van der Waals surface area contributed by atoms with E-state index < -0.39 is 11.9 Å². The molecule has 0 atom stereocenters. The molecule has 1 saturated heterocycles. The Hall–Kier alpha value is -3.79. The molecule has 9 nitrogen and oxygen atoms in total. The van der Waals surface area contributed by atoms with Crippen LogP contribution in [0.4, 0.5) is 5.69 Å². The molecule has 1 aromatic heterocycles. The molecule has 3 amide bonds. The number of anilines is 1. The van der Waals surface area contributed by atoms with Crippen LogP contribution in [0.2, 0.25) is 0 Å². The normalized spacial score (nSPS) is 14.2. The number of rotatable bonds is 7. The fraction of sp³-hybridized carbons (Fsp3) is 0.292. The molecule has 10 heteroatoms. The summed E-state index contributed by atoms with van der Waals surface area (Å²) in [6.45, 7) is 4.25. The molecule has 2 heterocycles. The van der Waals surface area contributed by atoms with Gasteiger partial charge in [-0.15, -0.1) is 0 Å². The van der Waals surface area contributed by atoms with E-state index in [0.717, 1.165) is 15.1 Å². The van der Waals surface area contributed by atoms with Gasteiger partial charge in [0, 0.05) is 18.4 Å². The molecule has 0 radical (unpaired) electrons. The van der Waals surface area contributed by atoms with Crippen molar-refractivity contribution >= 4 is 50.9 Å². The maximum atomic E-state index is 13.1. The second-order valence-electron chi connectivity index (χ2n) is 7.43. The standard InChI is InChI=1S/C24H23N3O6S/c1-3-32-17-8-9-18-19(13-17)34-24(26(18)14-22(30)33-4-2)25-23(31)15-6-5-7-16(12-15)27-20(28)10-11-21(27)29/h5-9,12-13H,3-4,10-11,14H2,1-2H3. The van der Waals surface area contributed by atoms with Gasteiger partial charge in [-0.1, -0.05) is 17.4 Å². The van der Waals surface area contributed by atoms with Crippen molar-refractivity contribution < 1.29 is 28.7 Å². The Morgan fingerprint density at radius 3 is 2.50 bits per heavy atom. The minimum atomic E-state index is -0.560. The maximum absolute atomic E-state index is 13.1. The van der Waals surface area contributed by atoms with Crippen LogP contribution in [0.1, 0.15) is 37.0 Å². The van der Waals surface area contributed by atoms with Gasteiger partial charge in [-0.3, -0.25) is 24.1 Å². The number of carbonyl (C=O) groups excluding carboxylic acids is 4. The summed E-state index contributed by atoms with van der Waals surface area (Å²) in [5, 5.41) is 0. The van der Waals surface area contributed by atoms with Crippen LogP contribution in [0.15, 0.2) is 47.5 Å². The number of fused-ring (bicyclic) bond motifs is 1. The average molecular weight is 482 g/mol. The Morgan fingerprint density at radius 2 is 1.79 bits per heavy atom. The number of aromatic nitrogens is 1. The molecule has 0 spiro atoms. The van der Waals surface area contributed by atoms with Gasteiger partial charge in [0.25, 0.3) is 5.91 Å². The maximum Gasteiger partial charge on any atom is 0.326 e. The topological polar surface area (TPSA) is 107 Å². The quantitative estimate of drug-likeness (QED) is 0.379. The first-order chi connectivity index (χ1) is 16.4. The molecular formula is C24H23N3O6S. The van der Waals surface area contributed by atoms with Crippen LogP contribution in [0.25, 0.3) is 10.2 Å². The first kappa shape index (κ1) is 23.4. The lowest BCUT2D eigenvalue weighted by Gasteiger charge is -2.14. The zero-order valence-corrected chi connectivity index (χ0v) is 19.6. The summed E-state index contributed by atoms with van der Waals surface area (Å²) >= 11 is 1.25. The van der Waals surface area contributed by atoms with Gasteiger partial charge in [0.2, 0.25) is 11.8 Å². The monoisotopic (exact) mass is 481 g/mol. The molecule has 0 bridgehead atoms. The van der Waals surface area contributed by atoms with Crippen LogP contribution in [-0.2, 0) is 25.7 Å². The van der Waals surface area contributed by atoms with Crippen molar-refractivity contribution in [3.8, 4) is 5.75 Å². The predicted octanol–water partition coefficient (Wildman–Crippen LogP) is 3.06. The third-order valence-electron chi connectivity index (χ3n) is 5.16. The third-order valence-corrected chi connectivity index (χ3v) is 6.20. The Balaban J connectivity index is 1.75. The minimum Gasteiger partial charge on any atom is -0.494 e. The largest absolute Gasteiger partial charge is 0.494 e. The van der Waals surface area contributed by atoms with E-state index in [2.05, 4.69) is 4.99 Å². The highest BCUT2D eigenvalue weighted by molar-refractivity contribution is 7.16. The van der Waals surface area contributed by atoms with Crippen LogP contribution in [0.3, 0.4) is 0 Å². The number of carbonyl (C=O) groups is 4. The molecule has 1 aliphatic rings. The van der Waals surface area contributed by atoms with Gasteiger partial charge in [0.05, 0.1) is 29.1 Å². The number of hydrogen-bond donors (Lipinski definition) is 0. The lowest BCUT2D eigenvalue weighted by molar-refractivity contribution is -0.143. The van der Waals surface area contributed by atoms with E-state index >= 15 is 0 Å². The molecule has 1 fully saturated rings. The Morgan fingerprint density at radius 1 is 1.03 bits per heavy atom. The number of esters is 1. The first-order valence-corrected chi connectivity index (χ1v) is 11.7. The summed E-state index contributed by atoms with van der Waals surface area (Å²) in [4.78, 5) is 55.1. The molecule has 0 unspecified atom stereocenters. The minimum absolute atomic E-state index is 0.106. The Kier molecular flexibility index (Phi) is 6.87. The summed E-state index contributed by atoms with van der Waals surface area (Å²) in [6.07, 6.45) is 0.307. The van der Waals surface area contributed by atoms with E-state index in [4.69, 9.17) is 9.47 Å². The Labute approximate surface area is 199 Å². The number of nitrogens with zero attached hydrogens (tertiary/aromatic N) is 3. The zero-order valence-electron chi connectivity index (χ0n) is 18.8. The molecule has 2 aromatic carbocycles. The van der Waals surface area contributed by atoms with Crippen molar-refractivity contribution in [2.45, 2.75) is 33.2 Å². The van der Waals surface area contributed by atoms with Gasteiger partial charge in [-0.25, -0.2) is 0 Å². The fourth-order valence-electron chi connectivity index (χ4n) is 3.68. The summed E-state index contributed by atoms with van der Waals surface area (Å²) in [5.74, 6) is -0.930. The lowest BCUT2D eigenvalue weighted by atomic mass is 10.2.